The zero-order valence-electron chi connectivity index (χ0n) is 11.1. The van der Waals surface area contributed by atoms with Crippen LogP contribution in [0.5, 0.6) is 0 Å². The van der Waals surface area contributed by atoms with Gasteiger partial charge in [0.25, 0.3) is 0 Å². The molecule has 2 heterocycles. The van der Waals surface area contributed by atoms with Crippen LogP contribution in [-0.4, -0.2) is 49.2 Å². The fourth-order valence-corrected chi connectivity index (χ4v) is 2.58. The Morgan fingerprint density at radius 3 is 2.76 bits per heavy atom. The van der Waals surface area contributed by atoms with E-state index < -0.39 is 0 Å². The first-order chi connectivity index (χ1) is 8.13. The van der Waals surface area contributed by atoms with E-state index in [4.69, 9.17) is 4.74 Å². The fourth-order valence-electron chi connectivity index (χ4n) is 2.58. The zero-order chi connectivity index (χ0) is 12.4. The molecule has 4 heteroatoms. The standard InChI is InChI=1S/C13H24N2O2/c1-4-12-8-17-9(2)7-15(12)13(16)10(3)11-5-14-6-11/h9-12,14H,4-8H2,1-3H3. The summed E-state index contributed by atoms with van der Waals surface area (Å²) in [5.74, 6) is 0.993. The lowest BCUT2D eigenvalue weighted by molar-refractivity contribution is -0.150. The molecular weight excluding hydrogens is 216 g/mol. The molecule has 2 fully saturated rings. The Bertz CT molecular complexity index is 279. The zero-order valence-corrected chi connectivity index (χ0v) is 11.1. The molecule has 3 atom stereocenters. The lowest BCUT2D eigenvalue weighted by atomic mass is 9.87. The first-order valence-electron chi connectivity index (χ1n) is 6.76. The van der Waals surface area contributed by atoms with Gasteiger partial charge in [-0.15, -0.1) is 0 Å². The maximum atomic E-state index is 12.5. The number of ether oxygens (including phenoxy) is 1. The van der Waals surface area contributed by atoms with Crippen LogP contribution in [0.2, 0.25) is 0 Å². The van der Waals surface area contributed by atoms with Crippen LogP contribution >= 0.6 is 0 Å². The van der Waals surface area contributed by atoms with Crippen molar-refractivity contribution in [3.05, 3.63) is 0 Å². The largest absolute Gasteiger partial charge is 0.375 e. The SMILES string of the molecule is CCC1COC(C)CN1C(=O)C(C)C1CNC1. The van der Waals surface area contributed by atoms with Crippen molar-refractivity contribution in [1.29, 1.82) is 0 Å². The summed E-state index contributed by atoms with van der Waals surface area (Å²) in [5, 5.41) is 3.24. The Labute approximate surface area is 104 Å². The third kappa shape index (κ3) is 2.63. The molecule has 2 rings (SSSR count). The molecule has 0 bridgehead atoms. The van der Waals surface area contributed by atoms with E-state index in [1.54, 1.807) is 0 Å². The van der Waals surface area contributed by atoms with E-state index in [0.29, 0.717) is 18.4 Å². The molecule has 3 unspecified atom stereocenters. The molecule has 0 aromatic rings. The minimum Gasteiger partial charge on any atom is -0.375 e. The molecule has 0 aromatic carbocycles. The van der Waals surface area contributed by atoms with Crippen molar-refractivity contribution in [2.24, 2.45) is 11.8 Å². The summed E-state index contributed by atoms with van der Waals surface area (Å²) in [6.45, 7) is 9.66. The number of carbonyl (C=O) groups is 1. The van der Waals surface area contributed by atoms with Crippen molar-refractivity contribution >= 4 is 5.91 Å². The van der Waals surface area contributed by atoms with E-state index in [-0.39, 0.29) is 18.1 Å². The smallest absolute Gasteiger partial charge is 0.226 e. The molecule has 17 heavy (non-hydrogen) atoms. The Morgan fingerprint density at radius 1 is 1.53 bits per heavy atom. The highest BCUT2D eigenvalue weighted by molar-refractivity contribution is 5.79. The van der Waals surface area contributed by atoms with Crippen LogP contribution in [0.25, 0.3) is 0 Å². The van der Waals surface area contributed by atoms with Crippen LogP contribution in [0.15, 0.2) is 0 Å². The van der Waals surface area contributed by atoms with Gasteiger partial charge in [0.15, 0.2) is 0 Å². The van der Waals surface area contributed by atoms with Crippen molar-refractivity contribution in [3.63, 3.8) is 0 Å². The number of nitrogens with one attached hydrogen (secondary N) is 1. The molecule has 98 valence electrons. The van der Waals surface area contributed by atoms with E-state index >= 15 is 0 Å². The molecule has 1 N–H and O–H groups in total. The highest BCUT2D eigenvalue weighted by Crippen LogP contribution is 2.23. The molecule has 4 nitrogen and oxygen atoms in total. The second kappa shape index (κ2) is 5.36. The first-order valence-corrected chi connectivity index (χ1v) is 6.76. The number of amides is 1. The van der Waals surface area contributed by atoms with E-state index in [1.807, 2.05) is 6.92 Å². The quantitative estimate of drug-likeness (QED) is 0.796. The highest BCUT2D eigenvalue weighted by Gasteiger charge is 2.36. The van der Waals surface area contributed by atoms with Crippen LogP contribution in [0.4, 0.5) is 0 Å². The van der Waals surface area contributed by atoms with Crippen LogP contribution < -0.4 is 5.32 Å². The van der Waals surface area contributed by atoms with Crippen molar-refractivity contribution in [3.8, 4) is 0 Å². The van der Waals surface area contributed by atoms with E-state index in [2.05, 4.69) is 24.1 Å². The number of morpholine rings is 1. The Hall–Kier alpha value is -0.610. The van der Waals surface area contributed by atoms with Gasteiger partial charge in [-0.25, -0.2) is 0 Å². The molecular formula is C13H24N2O2. The molecule has 0 aliphatic carbocycles. The summed E-state index contributed by atoms with van der Waals surface area (Å²) in [7, 11) is 0. The normalized spacial score (nSPS) is 32.1. The summed E-state index contributed by atoms with van der Waals surface area (Å²) in [5.41, 5.74) is 0. The van der Waals surface area contributed by atoms with Crippen LogP contribution in [0.3, 0.4) is 0 Å². The van der Waals surface area contributed by atoms with Crippen LogP contribution in [-0.2, 0) is 9.53 Å². The van der Waals surface area contributed by atoms with Gasteiger partial charge in [-0.1, -0.05) is 13.8 Å². The number of rotatable bonds is 3. The Morgan fingerprint density at radius 2 is 2.24 bits per heavy atom. The lowest BCUT2D eigenvalue weighted by Crippen LogP contribution is -2.56. The minimum absolute atomic E-state index is 0.149. The van der Waals surface area contributed by atoms with Gasteiger partial charge in [-0.3, -0.25) is 4.79 Å². The summed E-state index contributed by atoms with van der Waals surface area (Å²) >= 11 is 0. The second-order valence-corrected chi connectivity index (χ2v) is 5.40. The van der Waals surface area contributed by atoms with Gasteiger partial charge in [-0.2, -0.15) is 0 Å². The Kier molecular flexibility index (Phi) is 4.05. The molecule has 0 aromatic heterocycles. The van der Waals surface area contributed by atoms with Crippen molar-refractivity contribution in [2.75, 3.05) is 26.2 Å². The second-order valence-electron chi connectivity index (χ2n) is 5.40. The van der Waals surface area contributed by atoms with Gasteiger partial charge < -0.3 is 15.0 Å². The van der Waals surface area contributed by atoms with E-state index in [9.17, 15) is 4.79 Å². The van der Waals surface area contributed by atoms with Gasteiger partial charge in [0.2, 0.25) is 5.91 Å². The first kappa shape index (κ1) is 12.8. The molecule has 0 saturated carbocycles. The number of hydrogen-bond donors (Lipinski definition) is 1. The molecule has 2 aliphatic heterocycles. The summed E-state index contributed by atoms with van der Waals surface area (Å²) in [6, 6.07) is 0.272. The van der Waals surface area contributed by atoms with Crippen molar-refractivity contribution in [2.45, 2.75) is 39.3 Å². The molecule has 0 radical (unpaired) electrons. The molecule has 1 amide bonds. The van der Waals surface area contributed by atoms with Gasteiger partial charge in [0.1, 0.15) is 0 Å². The topological polar surface area (TPSA) is 41.6 Å². The Balaban J connectivity index is 1.99. The third-order valence-electron chi connectivity index (χ3n) is 4.13. The van der Waals surface area contributed by atoms with Crippen molar-refractivity contribution < 1.29 is 9.53 Å². The van der Waals surface area contributed by atoms with Crippen molar-refractivity contribution in [1.82, 2.24) is 10.2 Å². The molecule has 2 saturated heterocycles. The van der Waals surface area contributed by atoms with Crippen LogP contribution in [0, 0.1) is 11.8 Å². The fraction of sp³-hybridized carbons (Fsp3) is 0.923. The highest BCUT2D eigenvalue weighted by atomic mass is 16.5. The van der Waals surface area contributed by atoms with Gasteiger partial charge >= 0.3 is 0 Å². The maximum Gasteiger partial charge on any atom is 0.226 e. The average Bonchev–Trinajstić information content (AvgIpc) is 2.25. The summed E-state index contributed by atoms with van der Waals surface area (Å²) in [4.78, 5) is 14.5. The van der Waals surface area contributed by atoms with Crippen LogP contribution in [0.1, 0.15) is 27.2 Å². The van der Waals surface area contributed by atoms with Gasteiger partial charge in [0, 0.05) is 12.5 Å². The monoisotopic (exact) mass is 240 g/mol. The number of hydrogen-bond acceptors (Lipinski definition) is 3. The predicted octanol–water partition coefficient (Wildman–Crippen LogP) is 0.868. The minimum atomic E-state index is 0.149. The van der Waals surface area contributed by atoms with Gasteiger partial charge in [-0.05, 0) is 32.4 Å². The predicted molar refractivity (Wildman–Crippen MR) is 66.7 cm³/mol. The number of nitrogens with zero attached hydrogens (tertiary/aromatic N) is 1. The third-order valence-corrected chi connectivity index (χ3v) is 4.13. The average molecular weight is 240 g/mol. The van der Waals surface area contributed by atoms with Gasteiger partial charge in [0.05, 0.1) is 18.8 Å². The maximum absolute atomic E-state index is 12.5. The summed E-state index contributed by atoms with van der Waals surface area (Å²) < 4.78 is 5.64. The number of carbonyl (C=O) groups excluding carboxylic acids is 1. The lowest BCUT2D eigenvalue weighted by Gasteiger charge is -2.42. The molecule has 0 spiro atoms. The van der Waals surface area contributed by atoms with E-state index in [0.717, 1.165) is 26.1 Å². The molecule has 2 aliphatic rings. The van der Waals surface area contributed by atoms with E-state index in [1.165, 1.54) is 0 Å². The summed E-state index contributed by atoms with van der Waals surface area (Å²) in [6.07, 6.45) is 1.15.